The Balaban J connectivity index is 2.01. The molecule has 1 aliphatic heterocycles. The molecule has 1 aliphatic rings. The van der Waals surface area contributed by atoms with Crippen LogP contribution in [0.15, 0.2) is 24.4 Å². The Bertz CT molecular complexity index is 325. The minimum atomic E-state index is 0.487. The molecule has 0 radical (unpaired) electrons. The van der Waals surface area contributed by atoms with Crippen molar-refractivity contribution < 1.29 is 0 Å². The van der Waals surface area contributed by atoms with Crippen LogP contribution in [0.3, 0.4) is 0 Å². The van der Waals surface area contributed by atoms with Crippen LogP contribution in [0.4, 0.5) is 0 Å². The fourth-order valence-corrected chi connectivity index (χ4v) is 2.72. The zero-order chi connectivity index (χ0) is 12.1. The summed E-state index contributed by atoms with van der Waals surface area (Å²) >= 11 is 0. The highest BCUT2D eigenvalue weighted by Gasteiger charge is 2.33. The number of nitrogens with one attached hydrogen (secondary N) is 1. The van der Waals surface area contributed by atoms with Crippen LogP contribution in [0, 0.1) is 5.92 Å². The molecule has 0 aromatic carbocycles. The monoisotopic (exact) mass is 233 g/mol. The van der Waals surface area contributed by atoms with Crippen molar-refractivity contribution in [3.8, 4) is 0 Å². The highest BCUT2D eigenvalue weighted by atomic mass is 15.2. The smallest absolute Gasteiger partial charge is 0.0578 e. The van der Waals surface area contributed by atoms with Gasteiger partial charge in [0.25, 0.3) is 0 Å². The molecular weight excluding hydrogens is 210 g/mol. The SMILES string of the molecule is CCCNCC1CCN(C)C1c1ccccn1. The first-order valence-corrected chi connectivity index (χ1v) is 6.64. The van der Waals surface area contributed by atoms with Crippen molar-refractivity contribution in [3.63, 3.8) is 0 Å². The van der Waals surface area contributed by atoms with Gasteiger partial charge in [0.05, 0.1) is 11.7 Å². The van der Waals surface area contributed by atoms with Gasteiger partial charge in [-0.05, 0) is 57.6 Å². The predicted molar refractivity (Wildman–Crippen MR) is 70.9 cm³/mol. The molecule has 1 saturated heterocycles. The lowest BCUT2D eigenvalue weighted by Gasteiger charge is -2.24. The van der Waals surface area contributed by atoms with E-state index in [-0.39, 0.29) is 0 Å². The second kappa shape index (κ2) is 6.12. The van der Waals surface area contributed by atoms with Gasteiger partial charge in [0.15, 0.2) is 0 Å². The first kappa shape index (κ1) is 12.5. The van der Waals surface area contributed by atoms with Gasteiger partial charge in [-0.15, -0.1) is 0 Å². The Labute approximate surface area is 104 Å². The van der Waals surface area contributed by atoms with E-state index in [1.165, 1.54) is 25.1 Å². The Morgan fingerprint density at radius 3 is 3.06 bits per heavy atom. The molecule has 17 heavy (non-hydrogen) atoms. The fraction of sp³-hybridized carbons (Fsp3) is 0.643. The molecule has 2 atom stereocenters. The first-order chi connectivity index (χ1) is 8.33. The Kier molecular flexibility index (Phi) is 4.51. The van der Waals surface area contributed by atoms with Gasteiger partial charge < -0.3 is 5.32 Å². The van der Waals surface area contributed by atoms with E-state index in [0.717, 1.165) is 13.1 Å². The van der Waals surface area contributed by atoms with E-state index in [2.05, 4.69) is 41.3 Å². The average Bonchev–Trinajstić information content (AvgIpc) is 2.72. The average molecular weight is 233 g/mol. The molecule has 1 aromatic heterocycles. The van der Waals surface area contributed by atoms with E-state index in [1.54, 1.807) is 0 Å². The van der Waals surface area contributed by atoms with E-state index in [9.17, 15) is 0 Å². The van der Waals surface area contributed by atoms with Crippen molar-refractivity contribution >= 4 is 0 Å². The number of hydrogen-bond acceptors (Lipinski definition) is 3. The lowest BCUT2D eigenvalue weighted by molar-refractivity contribution is 0.266. The number of hydrogen-bond donors (Lipinski definition) is 1. The molecule has 2 heterocycles. The van der Waals surface area contributed by atoms with E-state index < -0.39 is 0 Å². The summed E-state index contributed by atoms with van der Waals surface area (Å²) in [5, 5.41) is 3.54. The van der Waals surface area contributed by atoms with Gasteiger partial charge in [-0.3, -0.25) is 9.88 Å². The number of nitrogens with zero attached hydrogens (tertiary/aromatic N) is 2. The summed E-state index contributed by atoms with van der Waals surface area (Å²) in [6.07, 6.45) is 4.38. The van der Waals surface area contributed by atoms with E-state index in [0.29, 0.717) is 12.0 Å². The van der Waals surface area contributed by atoms with Crippen LogP contribution in [0.5, 0.6) is 0 Å². The van der Waals surface area contributed by atoms with Gasteiger partial charge in [0.1, 0.15) is 0 Å². The van der Waals surface area contributed by atoms with Crippen molar-refractivity contribution in [2.24, 2.45) is 5.92 Å². The first-order valence-electron chi connectivity index (χ1n) is 6.64. The number of aromatic nitrogens is 1. The second-order valence-corrected chi connectivity index (χ2v) is 4.93. The maximum Gasteiger partial charge on any atom is 0.0578 e. The van der Waals surface area contributed by atoms with Gasteiger partial charge in [-0.25, -0.2) is 0 Å². The van der Waals surface area contributed by atoms with Crippen LogP contribution in [0.2, 0.25) is 0 Å². The Morgan fingerprint density at radius 1 is 1.47 bits per heavy atom. The van der Waals surface area contributed by atoms with Crippen LogP contribution in [0.1, 0.15) is 31.5 Å². The third-order valence-corrected chi connectivity index (χ3v) is 3.60. The number of likely N-dealkylation sites (tertiary alicyclic amines) is 1. The van der Waals surface area contributed by atoms with Gasteiger partial charge in [0.2, 0.25) is 0 Å². The normalized spacial score (nSPS) is 25.3. The molecule has 3 heteroatoms. The summed E-state index contributed by atoms with van der Waals surface area (Å²) in [4.78, 5) is 6.95. The van der Waals surface area contributed by atoms with Crippen LogP contribution in [0.25, 0.3) is 0 Å². The topological polar surface area (TPSA) is 28.2 Å². The minimum absolute atomic E-state index is 0.487. The van der Waals surface area contributed by atoms with Crippen molar-refractivity contribution in [1.82, 2.24) is 15.2 Å². The van der Waals surface area contributed by atoms with Crippen molar-refractivity contribution in [1.29, 1.82) is 0 Å². The maximum atomic E-state index is 4.52. The van der Waals surface area contributed by atoms with E-state index in [1.807, 2.05) is 12.3 Å². The van der Waals surface area contributed by atoms with E-state index >= 15 is 0 Å². The van der Waals surface area contributed by atoms with Crippen LogP contribution >= 0.6 is 0 Å². The molecular formula is C14H23N3. The summed E-state index contributed by atoms with van der Waals surface area (Å²) in [5.74, 6) is 0.696. The molecule has 0 saturated carbocycles. The quantitative estimate of drug-likeness (QED) is 0.789. The molecule has 0 aliphatic carbocycles. The minimum Gasteiger partial charge on any atom is -0.316 e. The van der Waals surface area contributed by atoms with Crippen molar-refractivity contribution in [2.75, 3.05) is 26.7 Å². The van der Waals surface area contributed by atoms with Crippen molar-refractivity contribution in [2.45, 2.75) is 25.8 Å². The van der Waals surface area contributed by atoms with E-state index in [4.69, 9.17) is 0 Å². The third kappa shape index (κ3) is 3.05. The summed E-state index contributed by atoms with van der Waals surface area (Å²) in [7, 11) is 2.21. The van der Waals surface area contributed by atoms with Gasteiger partial charge in [0, 0.05) is 6.20 Å². The second-order valence-electron chi connectivity index (χ2n) is 4.93. The Hall–Kier alpha value is -0.930. The zero-order valence-electron chi connectivity index (χ0n) is 10.9. The predicted octanol–water partition coefficient (Wildman–Crippen LogP) is 2.07. The standard InChI is InChI=1S/C14H23N3/c1-3-8-15-11-12-7-10-17(2)14(12)13-6-4-5-9-16-13/h4-6,9,12,14-15H,3,7-8,10-11H2,1-2H3. The largest absolute Gasteiger partial charge is 0.316 e. The summed E-state index contributed by atoms with van der Waals surface area (Å²) in [5.41, 5.74) is 1.22. The van der Waals surface area contributed by atoms with Crippen LogP contribution in [-0.4, -0.2) is 36.6 Å². The molecule has 1 N–H and O–H groups in total. The molecule has 3 nitrogen and oxygen atoms in total. The lowest BCUT2D eigenvalue weighted by atomic mass is 9.97. The molecule has 2 rings (SSSR count). The third-order valence-electron chi connectivity index (χ3n) is 3.60. The van der Waals surface area contributed by atoms with Gasteiger partial charge in [-0.2, -0.15) is 0 Å². The molecule has 1 aromatic rings. The number of rotatable bonds is 5. The van der Waals surface area contributed by atoms with Crippen LogP contribution in [-0.2, 0) is 0 Å². The zero-order valence-corrected chi connectivity index (χ0v) is 10.9. The Morgan fingerprint density at radius 2 is 2.35 bits per heavy atom. The molecule has 94 valence electrons. The molecule has 1 fully saturated rings. The summed E-state index contributed by atoms with van der Waals surface area (Å²) < 4.78 is 0. The summed E-state index contributed by atoms with van der Waals surface area (Å²) in [6, 6.07) is 6.72. The molecule has 0 bridgehead atoms. The van der Waals surface area contributed by atoms with Gasteiger partial charge >= 0.3 is 0 Å². The molecule has 2 unspecified atom stereocenters. The highest BCUT2D eigenvalue weighted by molar-refractivity contribution is 5.12. The highest BCUT2D eigenvalue weighted by Crippen LogP contribution is 2.34. The van der Waals surface area contributed by atoms with Gasteiger partial charge in [-0.1, -0.05) is 13.0 Å². The van der Waals surface area contributed by atoms with Crippen LogP contribution < -0.4 is 5.32 Å². The molecule has 0 spiro atoms. The molecule has 0 amide bonds. The van der Waals surface area contributed by atoms with Crippen molar-refractivity contribution in [3.05, 3.63) is 30.1 Å². The fourth-order valence-electron chi connectivity index (χ4n) is 2.72. The summed E-state index contributed by atoms with van der Waals surface area (Å²) in [6.45, 7) is 5.62. The lowest BCUT2D eigenvalue weighted by Crippen LogP contribution is -2.29. The maximum absolute atomic E-state index is 4.52. The number of pyridine rings is 1.